The Hall–Kier alpha value is -1.20. The maximum atomic E-state index is 6.00. The van der Waals surface area contributed by atoms with Crippen molar-refractivity contribution in [2.75, 3.05) is 0 Å². The van der Waals surface area contributed by atoms with Gasteiger partial charge in [-0.1, -0.05) is 0 Å². The summed E-state index contributed by atoms with van der Waals surface area (Å²) in [5, 5.41) is 1.08. The van der Waals surface area contributed by atoms with Crippen LogP contribution in [0.4, 0.5) is 0 Å². The molecule has 0 saturated carbocycles. The van der Waals surface area contributed by atoms with Crippen molar-refractivity contribution in [3.63, 3.8) is 0 Å². The zero-order chi connectivity index (χ0) is 10.8. The van der Waals surface area contributed by atoms with Gasteiger partial charge in [-0.05, 0) is 13.8 Å². The second-order valence-electron chi connectivity index (χ2n) is 3.53. The van der Waals surface area contributed by atoms with Crippen LogP contribution in [-0.4, -0.2) is 15.0 Å². The molecule has 0 bridgehead atoms. The number of rotatable bonds is 3. The Morgan fingerprint density at radius 2 is 2.33 bits per heavy atom. The summed E-state index contributed by atoms with van der Waals surface area (Å²) in [6.45, 7) is 4.10. The van der Waals surface area contributed by atoms with Crippen LogP contribution < -0.4 is 5.73 Å². The summed E-state index contributed by atoms with van der Waals surface area (Å²) in [6, 6.07) is -0.0926. The SMILES string of the molecule is Cc1nc(CC(N)c2ncc[nH]2)sc1C. The second kappa shape index (κ2) is 4.12. The normalized spacial score (nSPS) is 13.0. The molecule has 2 heterocycles. The van der Waals surface area contributed by atoms with Crippen molar-refractivity contribution in [1.29, 1.82) is 0 Å². The van der Waals surface area contributed by atoms with E-state index in [1.54, 1.807) is 23.7 Å². The highest BCUT2D eigenvalue weighted by Crippen LogP contribution is 2.20. The zero-order valence-corrected chi connectivity index (χ0v) is 9.64. The van der Waals surface area contributed by atoms with Crippen molar-refractivity contribution in [1.82, 2.24) is 15.0 Å². The van der Waals surface area contributed by atoms with Crippen LogP contribution >= 0.6 is 11.3 Å². The zero-order valence-electron chi connectivity index (χ0n) is 8.82. The Bertz CT molecular complexity index is 413. The largest absolute Gasteiger partial charge is 0.347 e. The number of hydrogen-bond donors (Lipinski definition) is 2. The van der Waals surface area contributed by atoms with Crippen molar-refractivity contribution >= 4 is 11.3 Å². The summed E-state index contributed by atoms with van der Waals surface area (Å²) in [6.07, 6.45) is 4.24. The van der Waals surface area contributed by atoms with Crippen LogP contribution in [0.25, 0.3) is 0 Å². The summed E-state index contributed by atoms with van der Waals surface area (Å²) in [5.41, 5.74) is 7.10. The number of nitrogens with one attached hydrogen (secondary N) is 1. The van der Waals surface area contributed by atoms with Gasteiger partial charge in [-0.15, -0.1) is 11.3 Å². The summed E-state index contributed by atoms with van der Waals surface area (Å²) < 4.78 is 0. The molecule has 0 spiro atoms. The van der Waals surface area contributed by atoms with Gasteiger partial charge in [0.2, 0.25) is 0 Å². The van der Waals surface area contributed by atoms with Crippen LogP contribution in [0.3, 0.4) is 0 Å². The lowest BCUT2D eigenvalue weighted by atomic mass is 10.2. The molecule has 1 unspecified atom stereocenters. The minimum Gasteiger partial charge on any atom is -0.347 e. The first kappa shape index (κ1) is 10.3. The number of nitrogens with zero attached hydrogens (tertiary/aromatic N) is 2. The predicted octanol–water partition coefficient (Wildman–Crippen LogP) is 1.73. The minimum absolute atomic E-state index is 0.0926. The molecule has 0 radical (unpaired) electrons. The molecule has 0 saturated heterocycles. The smallest absolute Gasteiger partial charge is 0.123 e. The molecule has 15 heavy (non-hydrogen) atoms. The van der Waals surface area contributed by atoms with Gasteiger partial charge in [0.25, 0.3) is 0 Å². The highest BCUT2D eigenvalue weighted by Gasteiger charge is 2.12. The number of imidazole rings is 1. The van der Waals surface area contributed by atoms with Gasteiger partial charge >= 0.3 is 0 Å². The van der Waals surface area contributed by atoms with Crippen LogP contribution in [0.15, 0.2) is 12.4 Å². The van der Waals surface area contributed by atoms with Gasteiger partial charge < -0.3 is 10.7 Å². The van der Waals surface area contributed by atoms with Crippen molar-refractivity contribution in [3.8, 4) is 0 Å². The molecule has 5 heteroatoms. The molecule has 0 aromatic carbocycles. The third-order valence-corrected chi connectivity index (χ3v) is 3.43. The average Bonchev–Trinajstić information content (AvgIpc) is 2.77. The van der Waals surface area contributed by atoms with Gasteiger partial charge in [0.1, 0.15) is 5.82 Å². The van der Waals surface area contributed by atoms with E-state index < -0.39 is 0 Å². The third-order valence-electron chi connectivity index (χ3n) is 2.34. The maximum Gasteiger partial charge on any atom is 0.123 e. The van der Waals surface area contributed by atoms with Gasteiger partial charge in [-0.3, -0.25) is 0 Å². The quantitative estimate of drug-likeness (QED) is 0.831. The summed E-state index contributed by atoms with van der Waals surface area (Å²) in [4.78, 5) is 12.9. The number of hydrogen-bond acceptors (Lipinski definition) is 4. The number of aromatic amines is 1. The molecular formula is C10H14N4S. The topological polar surface area (TPSA) is 67.6 Å². The van der Waals surface area contributed by atoms with E-state index in [2.05, 4.69) is 21.9 Å². The second-order valence-corrected chi connectivity index (χ2v) is 4.82. The van der Waals surface area contributed by atoms with Crippen LogP contribution in [-0.2, 0) is 6.42 Å². The van der Waals surface area contributed by atoms with Crippen molar-refractivity contribution in [2.45, 2.75) is 26.3 Å². The van der Waals surface area contributed by atoms with E-state index in [0.29, 0.717) is 0 Å². The predicted molar refractivity (Wildman–Crippen MR) is 60.8 cm³/mol. The van der Waals surface area contributed by atoms with Gasteiger partial charge in [0.15, 0.2) is 0 Å². The van der Waals surface area contributed by atoms with Gasteiger partial charge in [-0.25, -0.2) is 9.97 Å². The molecule has 0 aliphatic carbocycles. The van der Waals surface area contributed by atoms with Crippen LogP contribution in [0.5, 0.6) is 0 Å². The van der Waals surface area contributed by atoms with E-state index in [1.807, 2.05) is 6.92 Å². The maximum absolute atomic E-state index is 6.00. The van der Waals surface area contributed by atoms with Gasteiger partial charge in [-0.2, -0.15) is 0 Å². The Balaban J connectivity index is 2.09. The highest BCUT2D eigenvalue weighted by molar-refractivity contribution is 7.11. The van der Waals surface area contributed by atoms with E-state index in [4.69, 9.17) is 5.73 Å². The summed E-state index contributed by atoms with van der Waals surface area (Å²) in [5.74, 6) is 0.820. The Kier molecular flexibility index (Phi) is 2.83. The molecule has 0 aliphatic rings. The molecule has 3 N–H and O–H groups in total. The number of aromatic nitrogens is 3. The molecule has 1 atom stereocenters. The number of aryl methyl sites for hydroxylation is 2. The number of nitrogens with two attached hydrogens (primary N) is 1. The van der Waals surface area contributed by atoms with Crippen LogP contribution in [0.1, 0.15) is 27.4 Å². The Labute approximate surface area is 92.6 Å². The fourth-order valence-corrected chi connectivity index (χ4v) is 2.38. The molecular weight excluding hydrogens is 208 g/mol. The van der Waals surface area contributed by atoms with Crippen LogP contribution in [0.2, 0.25) is 0 Å². The molecule has 4 nitrogen and oxygen atoms in total. The minimum atomic E-state index is -0.0926. The highest BCUT2D eigenvalue weighted by atomic mass is 32.1. The Morgan fingerprint density at radius 1 is 1.53 bits per heavy atom. The van der Waals surface area contributed by atoms with Crippen molar-refractivity contribution < 1.29 is 0 Å². The van der Waals surface area contributed by atoms with E-state index >= 15 is 0 Å². The molecule has 2 aromatic heterocycles. The number of H-pyrrole nitrogens is 1. The lowest BCUT2D eigenvalue weighted by molar-refractivity contribution is 0.674. The molecule has 2 aromatic rings. The number of thiazole rings is 1. The average molecular weight is 222 g/mol. The lowest BCUT2D eigenvalue weighted by Crippen LogP contribution is -2.14. The first-order valence-corrected chi connectivity index (χ1v) is 5.66. The summed E-state index contributed by atoms with van der Waals surface area (Å²) in [7, 11) is 0. The lowest BCUT2D eigenvalue weighted by Gasteiger charge is -2.05. The third kappa shape index (κ3) is 2.24. The first-order valence-electron chi connectivity index (χ1n) is 4.84. The fraction of sp³-hybridized carbons (Fsp3) is 0.400. The molecule has 0 fully saturated rings. The van der Waals surface area contributed by atoms with Crippen LogP contribution in [0, 0.1) is 13.8 Å². The standard InChI is InChI=1S/C10H14N4S/c1-6-7(2)15-9(14-6)5-8(11)10-12-3-4-13-10/h3-4,8H,5,11H2,1-2H3,(H,12,13). The van der Waals surface area contributed by atoms with Gasteiger partial charge in [0.05, 0.1) is 16.7 Å². The van der Waals surface area contributed by atoms with E-state index in [-0.39, 0.29) is 6.04 Å². The monoisotopic (exact) mass is 222 g/mol. The van der Waals surface area contributed by atoms with E-state index in [1.165, 1.54) is 4.88 Å². The van der Waals surface area contributed by atoms with Gasteiger partial charge in [0, 0.05) is 23.7 Å². The van der Waals surface area contributed by atoms with E-state index in [9.17, 15) is 0 Å². The molecule has 2 rings (SSSR count). The van der Waals surface area contributed by atoms with Crippen molar-refractivity contribution in [2.24, 2.45) is 5.73 Å². The first-order chi connectivity index (χ1) is 7.16. The fourth-order valence-electron chi connectivity index (χ4n) is 1.39. The van der Waals surface area contributed by atoms with E-state index in [0.717, 1.165) is 22.9 Å². The van der Waals surface area contributed by atoms with Crippen molar-refractivity contribution in [3.05, 3.63) is 33.8 Å². The molecule has 0 amide bonds. The summed E-state index contributed by atoms with van der Waals surface area (Å²) >= 11 is 1.71. The molecule has 80 valence electrons. The molecule has 0 aliphatic heterocycles. The Morgan fingerprint density at radius 3 is 2.87 bits per heavy atom.